The largest absolute Gasteiger partial charge is 0.392 e. The highest BCUT2D eigenvalue weighted by Gasteiger charge is 2.34. The molecule has 21 heavy (non-hydrogen) atoms. The molecule has 0 radical (unpaired) electrons. The third-order valence-corrected chi connectivity index (χ3v) is 6.00. The minimum absolute atomic E-state index is 0.139. The van der Waals surface area contributed by atoms with Gasteiger partial charge in [-0.3, -0.25) is 0 Å². The van der Waals surface area contributed by atoms with Gasteiger partial charge < -0.3 is 5.11 Å². The first-order chi connectivity index (χ1) is 10.3. The number of aryl methyl sites for hydroxylation is 1. The standard InChI is InChI=1S/C20H30O/c1-2-15-7-9-16(10-8-15)13-20(21)19-12-11-17-5-3-4-6-18(17)14-19/h7-10,17-21H,2-6,11-14H2,1H3. The monoisotopic (exact) mass is 286 g/mol. The molecule has 0 spiro atoms. The highest BCUT2D eigenvalue weighted by molar-refractivity contribution is 5.23. The lowest BCUT2D eigenvalue weighted by Crippen LogP contribution is -2.34. The first kappa shape index (κ1) is 15.1. The fraction of sp³-hybridized carbons (Fsp3) is 0.700. The van der Waals surface area contributed by atoms with Gasteiger partial charge >= 0.3 is 0 Å². The quantitative estimate of drug-likeness (QED) is 0.846. The molecular formula is C20H30O. The Kier molecular flexibility index (Phi) is 5.00. The van der Waals surface area contributed by atoms with Crippen molar-refractivity contribution in [2.75, 3.05) is 0 Å². The molecule has 0 aromatic heterocycles. The zero-order valence-corrected chi connectivity index (χ0v) is 13.4. The van der Waals surface area contributed by atoms with Crippen LogP contribution in [0.3, 0.4) is 0 Å². The number of fused-ring (bicyclic) bond motifs is 1. The number of hydrogen-bond donors (Lipinski definition) is 1. The molecule has 0 saturated heterocycles. The van der Waals surface area contributed by atoms with Crippen LogP contribution in [0.2, 0.25) is 0 Å². The summed E-state index contributed by atoms with van der Waals surface area (Å²) in [6.45, 7) is 2.19. The summed E-state index contributed by atoms with van der Waals surface area (Å²) in [5.74, 6) is 2.43. The summed E-state index contributed by atoms with van der Waals surface area (Å²) >= 11 is 0. The van der Waals surface area contributed by atoms with Crippen molar-refractivity contribution in [2.45, 2.75) is 70.8 Å². The topological polar surface area (TPSA) is 20.2 Å². The van der Waals surface area contributed by atoms with E-state index in [-0.39, 0.29) is 6.10 Å². The maximum Gasteiger partial charge on any atom is 0.0608 e. The van der Waals surface area contributed by atoms with Crippen LogP contribution < -0.4 is 0 Å². The average Bonchev–Trinajstić information content (AvgIpc) is 2.55. The van der Waals surface area contributed by atoms with Gasteiger partial charge in [0.2, 0.25) is 0 Å². The molecule has 2 aliphatic rings. The van der Waals surface area contributed by atoms with Crippen molar-refractivity contribution in [2.24, 2.45) is 17.8 Å². The van der Waals surface area contributed by atoms with Crippen molar-refractivity contribution in [3.05, 3.63) is 35.4 Å². The second kappa shape index (κ2) is 6.96. The minimum Gasteiger partial charge on any atom is -0.392 e. The van der Waals surface area contributed by atoms with Gasteiger partial charge in [-0.25, -0.2) is 0 Å². The van der Waals surface area contributed by atoms with Crippen molar-refractivity contribution in [3.63, 3.8) is 0 Å². The van der Waals surface area contributed by atoms with Gasteiger partial charge in [0.15, 0.2) is 0 Å². The Morgan fingerprint density at radius 1 is 0.952 bits per heavy atom. The van der Waals surface area contributed by atoms with E-state index in [1.165, 1.54) is 56.1 Å². The maximum absolute atomic E-state index is 10.6. The van der Waals surface area contributed by atoms with E-state index < -0.39 is 0 Å². The molecule has 2 fully saturated rings. The lowest BCUT2D eigenvalue weighted by molar-refractivity contribution is 0.0361. The van der Waals surface area contributed by atoms with Crippen LogP contribution in [-0.4, -0.2) is 11.2 Å². The van der Waals surface area contributed by atoms with E-state index in [0.717, 1.165) is 24.7 Å². The molecule has 4 unspecified atom stereocenters. The van der Waals surface area contributed by atoms with Crippen molar-refractivity contribution >= 4 is 0 Å². The smallest absolute Gasteiger partial charge is 0.0608 e. The Hall–Kier alpha value is -0.820. The van der Waals surface area contributed by atoms with Crippen LogP contribution in [0, 0.1) is 17.8 Å². The zero-order chi connectivity index (χ0) is 14.7. The molecule has 1 N–H and O–H groups in total. The van der Waals surface area contributed by atoms with Crippen LogP contribution in [0.5, 0.6) is 0 Å². The highest BCUT2D eigenvalue weighted by Crippen LogP contribution is 2.43. The zero-order valence-electron chi connectivity index (χ0n) is 13.4. The van der Waals surface area contributed by atoms with Gasteiger partial charge in [0, 0.05) is 0 Å². The Morgan fingerprint density at radius 3 is 2.33 bits per heavy atom. The molecule has 0 amide bonds. The molecule has 1 heteroatoms. The maximum atomic E-state index is 10.6. The number of aliphatic hydroxyl groups is 1. The Bertz CT molecular complexity index is 436. The summed E-state index contributed by atoms with van der Waals surface area (Å²) < 4.78 is 0. The highest BCUT2D eigenvalue weighted by atomic mass is 16.3. The van der Waals surface area contributed by atoms with E-state index in [1.54, 1.807) is 0 Å². The normalized spacial score (nSPS) is 30.7. The Balaban J connectivity index is 1.56. The summed E-state index contributed by atoms with van der Waals surface area (Å²) in [6.07, 6.45) is 11.4. The SMILES string of the molecule is CCc1ccc(CC(O)C2CCC3CCCCC3C2)cc1. The molecule has 1 aromatic rings. The first-order valence-electron chi connectivity index (χ1n) is 9.02. The van der Waals surface area contributed by atoms with E-state index in [9.17, 15) is 5.11 Å². The van der Waals surface area contributed by atoms with Gasteiger partial charge in [0.25, 0.3) is 0 Å². The fourth-order valence-electron chi connectivity index (χ4n) is 4.58. The third kappa shape index (κ3) is 3.69. The van der Waals surface area contributed by atoms with E-state index in [0.29, 0.717) is 5.92 Å². The minimum atomic E-state index is -0.139. The molecule has 4 atom stereocenters. The second-order valence-corrected chi connectivity index (χ2v) is 7.32. The summed E-state index contributed by atoms with van der Waals surface area (Å²) in [7, 11) is 0. The fourth-order valence-corrected chi connectivity index (χ4v) is 4.58. The second-order valence-electron chi connectivity index (χ2n) is 7.32. The molecule has 0 bridgehead atoms. The molecule has 2 saturated carbocycles. The average molecular weight is 286 g/mol. The van der Waals surface area contributed by atoms with Crippen molar-refractivity contribution in [1.29, 1.82) is 0 Å². The predicted octanol–water partition coefficient (Wildman–Crippen LogP) is 4.76. The first-order valence-corrected chi connectivity index (χ1v) is 9.02. The number of hydrogen-bond acceptors (Lipinski definition) is 1. The number of benzene rings is 1. The van der Waals surface area contributed by atoms with Crippen LogP contribution in [0.4, 0.5) is 0 Å². The van der Waals surface area contributed by atoms with E-state index in [4.69, 9.17) is 0 Å². The van der Waals surface area contributed by atoms with Crippen molar-refractivity contribution in [1.82, 2.24) is 0 Å². The number of rotatable bonds is 4. The van der Waals surface area contributed by atoms with Crippen LogP contribution in [0.1, 0.15) is 63.0 Å². The lowest BCUT2D eigenvalue weighted by Gasteiger charge is -2.40. The van der Waals surface area contributed by atoms with Crippen LogP contribution >= 0.6 is 0 Å². The summed E-state index contributed by atoms with van der Waals surface area (Å²) in [5, 5.41) is 10.6. The molecule has 1 aromatic carbocycles. The predicted molar refractivity (Wildman–Crippen MR) is 88.3 cm³/mol. The Labute approximate surface area is 129 Å². The van der Waals surface area contributed by atoms with Gasteiger partial charge in [-0.2, -0.15) is 0 Å². The molecule has 0 aliphatic heterocycles. The van der Waals surface area contributed by atoms with Gasteiger partial charge in [-0.1, -0.05) is 56.9 Å². The van der Waals surface area contributed by atoms with Crippen molar-refractivity contribution < 1.29 is 5.11 Å². The van der Waals surface area contributed by atoms with E-state index >= 15 is 0 Å². The van der Waals surface area contributed by atoms with Gasteiger partial charge in [-0.15, -0.1) is 0 Å². The molecule has 3 rings (SSSR count). The molecule has 0 heterocycles. The van der Waals surface area contributed by atoms with Crippen LogP contribution in [0.25, 0.3) is 0 Å². The van der Waals surface area contributed by atoms with E-state index in [2.05, 4.69) is 31.2 Å². The van der Waals surface area contributed by atoms with Gasteiger partial charge in [0.05, 0.1) is 6.10 Å². The number of aliphatic hydroxyl groups excluding tert-OH is 1. The molecule has 116 valence electrons. The lowest BCUT2D eigenvalue weighted by atomic mass is 9.66. The van der Waals surface area contributed by atoms with Crippen molar-refractivity contribution in [3.8, 4) is 0 Å². The molecule has 1 nitrogen and oxygen atoms in total. The molecule has 2 aliphatic carbocycles. The van der Waals surface area contributed by atoms with Crippen LogP contribution in [0.15, 0.2) is 24.3 Å². The van der Waals surface area contributed by atoms with Crippen LogP contribution in [-0.2, 0) is 12.8 Å². The molecular weight excluding hydrogens is 256 g/mol. The Morgan fingerprint density at radius 2 is 1.62 bits per heavy atom. The summed E-state index contributed by atoms with van der Waals surface area (Å²) in [5.41, 5.74) is 2.68. The third-order valence-electron chi connectivity index (χ3n) is 6.00. The summed E-state index contributed by atoms with van der Waals surface area (Å²) in [6, 6.07) is 8.82. The van der Waals surface area contributed by atoms with Gasteiger partial charge in [0.1, 0.15) is 0 Å². The summed E-state index contributed by atoms with van der Waals surface area (Å²) in [4.78, 5) is 0. The van der Waals surface area contributed by atoms with Gasteiger partial charge in [-0.05, 0) is 61.0 Å². The van der Waals surface area contributed by atoms with E-state index in [1.807, 2.05) is 0 Å².